The first kappa shape index (κ1) is 9.15. The van der Waals surface area contributed by atoms with Gasteiger partial charge >= 0.3 is 0 Å². The number of likely N-dealkylation sites (N-methyl/N-ethyl adjacent to an activating group) is 1. The summed E-state index contributed by atoms with van der Waals surface area (Å²) in [7, 11) is 1.80. The van der Waals surface area contributed by atoms with E-state index in [2.05, 4.69) is 5.10 Å². The molecule has 4 nitrogen and oxygen atoms in total. The lowest BCUT2D eigenvalue weighted by Crippen LogP contribution is -2.27. The van der Waals surface area contributed by atoms with Gasteiger partial charge in [-0.05, 0) is 12.1 Å². The second kappa shape index (κ2) is 3.20. The molecule has 0 N–H and O–H groups in total. The summed E-state index contributed by atoms with van der Waals surface area (Å²) in [5.74, 6) is 0.0601. The first-order valence-corrected chi connectivity index (χ1v) is 5.14. The highest BCUT2D eigenvalue weighted by Crippen LogP contribution is 2.36. The van der Waals surface area contributed by atoms with Gasteiger partial charge in [0, 0.05) is 30.7 Å². The molecule has 4 heteroatoms. The van der Waals surface area contributed by atoms with Crippen LogP contribution in [0.2, 0.25) is 0 Å². The van der Waals surface area contributed by atoms with Crippen LogP contribution in [-0.4, -0.2) is 22.7 Å². The van der Waals surface area contributed by atoms with E-state index in [-0.39, 0.29) is 11.9 Å². The van der Waals surface area contributed by atoms with Crippen molar-refractivity contribution in [3.63, 3.8) is 0 Å². The number of aromatic nitrogens is 2. The van der Waals surface area contributed by atoms with Gasteiger partial charge < -0.3 is 4.90 Å². The number of amides is 1. The van der Waals surface area contributed by atoms with Gasteiger partial charge in [-0.1, -0.05) is 18.2 Å². The first-order valence-electron chi connectivity index (χ1n) is 5.14. The Hall–Kier alpha value is -2.10. The van der Waals surface area contributed by atoms with Crippen molar-refractivity contribution in [1.29, 1.82) is 0 Å². The van der Waals surface area contributed by atoms with Crippen LogP contribution in [0.25, 0.3) is 0 Å². The van der Waals surface area contributed by atoms with Crippen molar-refractivity contribution in [2.45, 2.75) is 6.04 Å². The number of rotatable bonds is 1. The summed E-state index contributed by atoms with van der Waals surface area (Å²) in [4.78, 5) is 13.8. The maximum Gasteiger partial charge on any atom is 0.256 e. The number of anilines is 1. The summed E-state index contributed by atoms with van der Waals surface area (Å²) in [6, 6.07) is 9.33. The Labute approximate surface area is 93.1 Å². The van der Waals surface area contributed by atoms with Crippen LogP contribution in [0.4, 0.5) is 5.69 Å². The van der Waals surface area contributed by atoms with Crippen molar-refractivity contribution in [2.75, 3.05) is 11.9 Å². The monoisotopic (exact) mass is 213 g/mol. The average Bonchev–Trinajstić information content (AvgIpc) is 2.89. The van der Waals surface area contributed by atoms with Crippen molar-refractivity contribution < 1.29 is 4.79 Å². The van der Waals surface area contributed by atoms with E-state index in [9.17, 15) is 4.79 Å². The number of carbonyl (C=O) groups is 1. The zero-order valence-corrected chi connectivity index (χ0v) is 8.87. The van der Waals surface area contributed by atoms with Crippen LogP contribution < -0.4 is 4.90 Å². The molecule has 0 bridgehead atoms. The Morgan fingerprint density at radius 2 is 2.06 bits per heavy atom. The first-order chi connectivity index (χ1) is 7.79. The molecule has 1 aromatic heterocycles. The molecule has 0 saturated carbocycles. The fourth-order valence-electron chi connectivity index (χ4n) is 2.15. The fraction of sp³-hybridized carbons (Fsp3) is 0.167. The lowest BCUT2D eigenvalue weighted by atomic mass is 10.1. The van der Waals surface area contributed by atoms with Crippen LogP contribution in [0.5, 0.6) is 0 Å². The Bertz CT molecular complexity index is 533. The van der Waals surface area contributed by atoms with Gasteiger partial charge in [-0.2, -0.15) is 5.10 Å². The highest BCUT2D eigenvalue weighted by molar-refractivity contribution is 6.04. The van der Waals surface area contributed by atoms with Gasteiger partial charge in [0.2, 0.25) is 0 Å². The number of nitrogens with zero attached hydrogens (tertiary/aromatic N) is 3. The molecule has 0 radical (unpaired) electrons. The summed E-state index contributed by atoms with van der Waals surface area (Å²) in [5, 5.41) is 4.15. The van der Waals surface area contributed by atoms with Gasteiger partial charge in [0.25, 0.3) is 5.91 Å². The molecule has 1 aliphatic heterocycles. The SMILES string of the molecule is CN1C(=O)C(n2cccn2)c2ccccc21. The number of carbonyl (C=O) groups excluding carboxylic acids is 1. The topological polar surface area (TPSA) is 38.1 Å². The van der Waals surface area contributed by atoms with E-state index in [0.29, 0.717) is 0 Å². The summed E-state index contributed by atoms with van der Waals surface area (Å²) >= 11 is 0. The molecule has 0 aliphatic carbocycles. The van der Waals surface area contributed by atoms with Crippen LogP contribution >= 0.6 is 0 Å². The second-order valence-corrected chi connectivity index (χ2v) is 3.84. The van der Waals surface area contributed by atoms with E-state index in [0.717, 1.165) is 11.3 Å². The number of benzene rings is 1. The van der Waals surface area contributed by atoms with Crippen molar-refractivity contribution in [2.24, 2.45) is 0 Å². The van der Waals surface area contributed by atoms with E-state index in [1.807, 2.05) is 36.5 Å². The predicted molar refractivity (Wildman–Crippen MR) is 60.2 cm³/mol. The Kier molecular flexibility index (Phi) is 1.83. The van der Waals surface area contributed by atoms with Gasteiger partial charge in [-0.25, -0.2) is 0 Å². The fourth-order valence-corrected chi connectivity index (χ4v) is 2.15. The molecule has 1 unspecified atom stereocenters. The minimum absolute atomic E-state index is 0.0601. The van der Waals surface area contributed by atoms with Gasteiger partial charge in [0.15, 0.2) is 6.04 Å². The van der Waals surface area contributed by atoms with Crippen molar-refractivity contribution in [1.82, 2.24) is 9.78 Å². The Morgan fingerprint density at radius 3 is 2.81 bits per heavy atom. The van der Waals surface area contributed by atoms with Crippen molar-refractivity contribution in [3.8, 4) is 0 Å². The van der Waals surface area contributed by atoms with Crippen LogP contribution in [0.3, 0.4) is 0 Å². The molecular weight excluding hydrogens is 202 g/mol. The Balaban J connectivity index is 2.18. The molecule has 1 aromatic carbocycles. The predicted octanol–water partition coefficient (Wildman–Crippen LogP) is 1.45. The van der Waals surface area contributed by atoms with Crippen molar-refractivity contribution >= 4 is 11.6 Å². The summed E-state index contributed by atoms with van der Waals surface area (Å²) in [6.07, 6.45) is 3.51. The lowest BCUT2D eigenvalue weighted by molar-refractivity contribution is -0.119. The third-order valence-electron chi connectivity index (χ3n) is 2.95. The highest BCUT2D eigenvalue weighted by Gasteiger charge is 2.36. The number of para-hydroxylation sites is 1. The maximum atomic E-state index is 12.1. The molecule has 0 saturated heterocycles. The largest absolute Gasteiger partial charge is 0.313 e. The molecule has 2 heterocycles. The maximum absolute atomic E-state index is 12.1. The number of hydrogen-bond donors (Lipinski definition) is 0. The number of fused-ring (bicyclic) bond motifs is 1. The van der Waals surface area contributed by atoms with E-state index in [1.54, 1.807) is 22.8 Å². The molecule has 1 amide bonds. The van der Waals surface area contributed by atoms with E-state index in [1.165, 1.54) is 0 Å². The highest BCUT2D eigenvalue weighted by atomic mass is 16.2. The summed E-state index contributed by atoms with van der Waals surface area (Å²) in [5.41, 5.74) is 1.98. The zero-order valence-electron chi connectivity index (χ0n) is 8.87. The summed E-state index contributed by atoms with van der Waals surface area (Å²) < 4.78 is 1.70. The average molecular weight is 213 g/mol. The quantitative estimate of drug-likeness (QED) is 0.719. The normalized spacial score (nSPS) is 18.9. The van der Waals surface area contributed by atoms with Crippen molar-refractivity contribution in [3.05, 3.63) is 48.3 Å². The van der Waals surface area contributed by atoms with Crippen LogP contribution in [-0.2, 0) is 4.79 Å². The molecule has 2 aromatic rings. The van der Waals surface area contributed by atoms with Crippen LogP contribution in [0.15, 0.2) is 42.7 Å². The third kappa shape index (κ3) is 1.10. The molecule has 16 heavy (non-hydrogen) atoms. The molecule has 1 atom stereocenters. The minimum Gasteiger partial charge on any atom is -0.313 e. The molecule has 3 rings (SSSR count). The van der Waals surface area contributed by atoms with E-state index in [4.69, 9.17) is 0 Å². The van der Waals surface area contributed by atoms with Gasteiger partial charge in [0.1, 0.15) is 0 Å². The molecular formula is C12H11N3O. The zero-order chi connectivity index (χ0) is 11.1. The molecule has 0 fully saturated rings. The van der Waals surface area contributed by atoms with Gasteiger partial charge in [0.05, 0.1) is 0 Å². The second-order valence-electron chi connectivity index (χ2n) is 3.84. The molecule has 80 valence electrons. The summed E-state index contributed by atoms with van der Waals surface area (Å²) in [6.45, 7) is 0. The van der Waals surface area contributed by atoms with Gasteiger partial charge in [-0.3, -0.25) is 9.48 Å². The Morgan fingerprint density at radius 1 is 1.25 bits per heavy atom. The lowest BCUT2D eigenvalue weighted by Gasteiger charge is -2.11. The minimum atomic E-state index is -0.309. The number of hydrogen-bond acceptors (Lipinski definition) is 2. The molecule has 0 spiro atoms. The third-order valence-corrected chi connectivity index (χ3v) is 2.95. The molecule has 1 aliphatic rings. The van der Waals surface area contributed by atoms with E-state index < -0.39 is 0 Å². The smallest absolute Gasteiger partial charge is 0.256 e. The standard InChI is InChI=1S/C12H11N3O/c1-14-10-6-3-2-5-9(10)11(12(14)16)15-8-4-7-13-15/h2-8,11H,1H3. The van der Waals surface area contributed by atoms with E-state index >= 15 is 0 Å². The van der Waals surface area contributed by atoms with Crippen LogP contribution in [0.1, 0.15) is 11.6 Å². The van der Waals surface area contributed by atoms with Crippen LogP contribution in [0, 0.1) is 0 Å². The van der Waals surface area contributed by atoms with Gasteiger partial charge in [-0.15, -0.1) is 0 Å².